The number of alkyl halides is 2. The van der Waals surface area contributed by atoms with E-state index in [-0.39, 0.29) is 24.0 Å². The summed E-state index contributed by atoms with van der Waals surface area (Å²) in [6, 6.07) is 32.2. The molecule has 0 unspecified atom stereocenters. The number of hydrogen-bond donors (Lipinski definition) is 0. The second kappa shape index (κ2) is 11.9. The van der Waals surface area contributed by atoms with E-state index in [2.05, 4.69) is 91.0 Å². The second-order valence-electron chi connectivity index (χ2n) is 6.69. The molecule has 0 spiro atoms. The smallest absolute Gasteiger partial charge is 0.410 e. The first-order valence-corrected chi connectivity index (χ1v) is 12.8. The Balaban J connectivity index is 0.000000248. The van der Waals surface area contributed by atoms with Gasteiger partial charge in [0, 0.05) is 13.1 Å². The van der Waals surface area contributed by atoms with Crippen molar-refractivity contribution in [1.29, 1.82) is 0 Å². The van der Waals surface area contributed by atoms with Gasteiger partial charge < -0.3 is 9.45 Å². The van der Waals surface area contributed by atoms with Crippen LogP contribution in [0, 0.1) is 0 Å². The van der Waals surface area contributed by atoms with E-state index in [1.165, 1.54) is 28.5 Å². The molecule has 0 radical (unpaired) electrons. The van der Waals surface area contributed by atoms with Crippen molar-refractivity contribution < 1.29 is 26.5 Å². The molecule has 0 fully saturated rings. The largest absolute Gasteiger partial charge is 0.743 e. The second-order valence-corrected chi connectivity index (χ2v) is 10.1. The standard InChI is InChI=1S/C18H15S.C6H11F2NO4S/c1-4-10-16(11-5-1)19(17-12-6-2-7-13-17)18-14-8-3-9-15-18;1-3-9(4-2)5(10)6(7,8)14(11,12)13/h1-15H;3-4H2,1-2H3,(H,11,12,13)/q+1;/p-1. The molecule has 0 atom stereocenters. The van der Waals surface area contributed by atoms with Crippen LogP contribution in [0.2, 0.25) is 0 Å². The van der Waals surface area contributed by atoms with Crippen molar-refractivity contribution in [2.24, 2.45) is 0 Å². The highest BCUT2D eigenvalue weighted by atomic mass is 32.2. The van der Waals surface area contributed by atoms with Crippen molar-refractivity contribution >= 4 is 26.9 Å². The number of rotatable bonds is 7. The number of amides is 1. The van der Waals surface area contributed by atoms with Gasteiger partial charge in [-0.15, -0.1) is 0 Å². The van der Waals surface area contributed by atoms with Crippen LogP contribution in [-0.4, -0.2) is 42.1 Å². The summed E-state index contributed by atoms with van der Waals surface area (Å²) in [5, 5.41) is -4.88. The van der Waals surface area contributed by atoms with Crippen molar-refractivity contribution in [3.05, 3.63) is 91.0 Å². The zero-order valence-corrected chi connectivity index (χ0v) is 19.9. The maximum atomic E-state index is 12.7. The SMILES string of the molecule is CCN(CC)C(=O)C(F)(F)S(=O)(=O)[O-].c1ccc([S+](c2ccccc2)c2ccccc2)cc1. The minimum absolute atomic E-state index is 0.0146. The van der Waals surface area contributed by atoms with Crippen molar-refractivity contribution in [3.8, 4) is 0 Å². The van der Waals surface area contributed by atoms with Crippen LogP contribution in [0.4, 0.5) is 8.78 Å². The molecule has 3 aromatic rings. The molecule has 0 bridgehead atoms. The molecule has 0 aliphatic rings. The van der Waals surface area contributed by atoms with E-state index in [0.29, 0.717) is 4.90 Å². The van der Waals surface area contributed by atoms with E-state index in [0.717, 1.165) is 0 Å². The highest BCUT2D eigenvalue weighted by Gasteiger charge is 2.48. The Morgan fingerprint density at radius 3 is 1.33 bits per heavy atom. The van der Waals surface area contributed by atoms with Gasteiger partial charge in [0.1, 0.15) is 0 Å². The van der Waals surface area contributed by atoms with Gasteiger partial charge in [0.25, 0.3) is 0 Å². The van der Waals surface area contributed by atoms with Gasteiger partial charge in [-0.2, -0.15) is 8.78 Å². The summed E-state index contributed by atoms with van der Waals surface area (Å²) in [6.45, 7) is 2.63. The van der Waals surface area contributed by atoms with E-state index in [1.54, 1.807) is 0 Å². The Kier molecular flexibility index (Phi) is 9.57. The Bertz CT molecular complexity index is 1020. The normalized spacial score (nSPS) is 11.5. The predicted molar refractivity (Wildman–Crippen MR) is 124 cm³/mol. The number of halogens is 2. The summed E-state index contributed by atoms with van der Waals surface area (Å²) in [6.07, 6.45) is 0. The number of hydrogen-bond acceptors (Lipinski definition) is 4. The van der Waals surface area contributed by atoms with Gasteiger partial charge >= 0.3 is 11.2 Å². The van der Waals surface area contributed by atoms with Gasteiger partial charge in [0.05, 0.1) is 10.9 Å². The summed E-state index contributed by atoms with van der Waals surface area (Å²) in [5.74, 6) is -1.97. The molecular formula is C24H25F2NO4S2. The molecule has 0 N–H and O–H groups in total. The third-order valence-electron chi connectivity index (χ3n) is 4.55. The van der Waals surface area contributed by atoms with Gasteiger partial charge in [0.2, 0.25) is 0 Å². The molecule has 9 heteroatoms. The quantitative estimate of drug-likeness (QED) is 0.351. The molecule has 1 amide bonds. The van der Waals surface area contributed by atoms with Crippen LogP contribution in [0.15, 0.2) is 106 Å². The van der Waals surface area contributed by atoms with Crippen molar-refractivity contribution in [3.63, 3.8) is 0 Å². The molecule has 33 heavy (non-hydrogen) atoms. The molecule has 5 nitrogen and oxygen atoms in total. The Hall–Kier alpha value is -2.75. The average molecular weight is 494 g/mol. The fourth-order valence-corrected chi connectivity index (χ4v) is 5.33. The molecule has 3 aromatic carbocycles. The molecule has 0 saturated carbocycles. The van der Waals surface area contributed by atoms with E-state index < -0.39 is 21.3 Å². The van der Waals surface area contributed by atoms with E-state index >= 15 is 0 Å². The highest BCUT2D eigenvalue weighted by molar-refractivity contribution is 7.97. The van der Waals surface area contributed by atoms with E-state index in [1.807, 2.05) is 0 Å². The summed E-state index contributed by atoms with van der Waals surface area (Å²) >= 11 is 0. The van der Waals surface area contributed by atoms with Crippen molar-refractivity contribution in [1.82, 2.24) is 4.90 Å². The number of carbonyl (C=O) groups is 1. The Labute approximate surface area is 196 Å². The van der Waals surface area contributed by atoms with Crippen LogP contribution in [0.1, 0.15) is 13.8 Å². The van der Waals surface area contributed by atoms with Crippen LogP contribution in [0.25, 0.3) is 0 Å². The number of carbonyl (C=O) groups excluding carboxylic acids is 1. The van der Waals surface area contributed by atoms with Crippen LogP contribution in [-0.2, 0) is 25.8 Å². The van der Waals surface area contributed by atoms with Crippen molar-refractivity contribution in [2.45, 2.75) is 33.8 Å². The maximum absolute atomic E-state index is 12.7. The van der Waals surface area contributed by atoms with Gasteiger partial charge in [-0.25, -0.2) is 8.42 Å². The maximum Gasteiger partial charge on any atom is 0.410 e. The van der Waals surface area contributed by atoms with Gasteiger partial charge in [0.15, 0.2) is 24.8 Å². The average Bonchev–Trinajstić information content (AvgIpc) is 2.82. The van der Waals surface area contributed by atoms with Gasteiger partial charge in [-0.3, -0.25) is 4.79 Å². The highest BCUT2D eigenvalue weighted by Crippen LogP contribution is 2.30. The molecular weight excluding hydrogens is 468 g/mol. The zero-order valence-electron chi connectivity index (χ0n) is 18.2. The van der Waals surface area contributed by atoms with Crippen molar-refractivity contribution in [2.75, 3.05) is 13.1 Å². The monoisotopic (exact) mass is 493 g/mol. The molecule has 3 rings (SSSR count). The topological polar surface area (TPSA) is 77.5 Å². The first-order valence-electron chi connectivity index (χ1n) is 10.2. The fourth-order valence-electron chi connectivity index (χ4n) is 2.88. The third-order valence-corrected chi connectivity index (χ3v) is 7.58. The lowest BCUT2D eigenvalue weighted by atomic mass is 10.4. The lowest BCUT2D eigenvalue weighted by Crippen LogP contribution is -2.47. The van der Waals surface area contributed by atoms with Crippen LogP contribution in [0.5, 0.6) is 0 Å². The number of nitrogens with zero attached hydrogens (tertiary/aromatic N) is 1. The molecule has 0 aliphatic heterocycles. The van der Waals surface area contributed by atoms with E-state index in [4.69, 9.17) is 0 Å². The lowest BCUT2D eigenvalue weighted by molar-refractivity contribution is -0.147. The lowest BCUT2D eigenvalue weighted by Gasteiger charge is -2.25. The first-order chi connectivity index (χ1) is 15.6. The molecule has 0 aliphatic carbocycles. The van der Waals surface area contributed by atoms with Gasteiger partial charge in [-0.1, -0.05) is 54.6 Å². The van der Waals surface area contributed by atoms with E-state index in [9.17, 15) is 26.5 Å². The molecule has 0 heterocycles. The first kappa shape index (κ1) is 26.5. The predicted octanol–water partition coefficient (Wildman–Crippen LogP) is 4.77. The zero-order chi connectivity index (χ0) is 24.5. The Morgan fingerprint density at radius 1 is 0.788 bits per heavy atom. The summed E-state index contributed by atoms with van der Waals surface area (Å²) in [4.78, 5) is 15.5. The summed E-state index contributed by atoms with van der Waals surface area (Å²) in [7, 11) is -5.96. The third kappa shape index (κ3) is 6.86. The molecule has 0 aromatic heterocycles. The van der Waals surface area contributed by atoms with Crippen LogP contribution < -0.4 is 0 Å². The van der Waals surface area contributed by atoms with Crippen LogP contribution >= 0.6 is 0 Å². The summed E-state index contributed by atoms with van der Waals surface area (Å²) < 4.78 is 55.5. The molecule has 0 saturated heterocycles. The minimum Gasteiger partial charge on any atom is -0.743 e. The fraction of sp³-hybridized carbons (Fsp3) is 0.208. The molecule has 176 valence electrons. The van der Waals surface area contributed by atoms with Crippen LogP contribution in [0.3, 0.4) is 0 Å². The minimum atomic E-state index is -5.94. The summed E-state index contributed by atoms with van der Waals surface area (Å²) in [5.41, 5.74) is 0. The number of benzene rings is 3. The Morgan fingerprint density at radius 2 is 1.09 bits per heavy atom. The van der Waals surface area contributed by atoms with Gasteiger partial charge in [-0.05, 0) is 50.2 Å².